The highest BCUT2D eigenvalue weighted by Gasteiger charge is 2.18. The molecule has 0 spiro atoms. The van der Waals surface area contributed by atoms with E-state index in [4.69, 9.17) is 5.73 Å². The van der Waals surface area contributed by atoms with Gasteiger partial charge in [0.1, 0.15) is 0 Å². The normalized spacial score (nSPS) is 12.8. The van der Waals surface area contributed by atoms with Gasteiger partial charge in [0.15, 0.2) is 5.78 Å². The number of nitrogens with two attached hydrogens (primary N) is 1. The Morgan fingerprint density at radius 1 is 1.31 bits per heavy atom. The Morgan fingerprint density at radius 2 is 1.88 bits per heavy atom. The van der Waals surface area contributed by atoms with E-state index in [1.54, 1.807) is 24.3 Å². The fraction of sp³-hybridized carbons (Fsp3) is 0.462. The Bertz CT molecular complexity index is 343. The summed E-state index contributed by atoms with van der Waals surface area (Å²) >= 11 is 0. The average Bonchev–Trinajstić information content (AvgIpc) is 2.25. The van der Waals surface area contributed by atoms with E-state index in [1.807, 2.05) is 20.8 Å². The molecule has 1 aromatic carbocycles. The lowest BCUT2D eigenvalue weighted by Gasteiger charge is -2.18. The number of Topliss-reactive ketones (excluding diaryl/α,β-unsaturated/α-hetero) is 1. The van der Waals surface area contributed by atoms with Gasteiger partial charge in [0.2, 0.25) is 0 Å². The molecule has 16 heavy (non-hydrogen) atoms. The molecule has 0 amide bonds. The zero-order chi connectivity index (χ0) is 12.1. The maximum atomic E-state index is 12.1. The van der Waals surface area contributed by atoms with Crippen molar-refractivity contribution < 1.29 is 4.79 Å². The highest BCUT2D eigenvalue weighted by atomic mass is 16.1. The summed E-state index contributed by atoms with van der Waals surface area (Å²) in [5.41, 5.74) is 6.99. The molecule has 0 aliphatic carbocycles. The first-order valence-corrected chi connectivity index (χ1v) is 5.70. The third-order valence-corrected chi connectivity index (χ3v) is 2.45. The van der Waals surface area contributed by atoms with Crippen molar-refractivity contribution in [1.82, 2.24) is 5.32 Å². The largest absolute Gasteiger partial charge is 0.399 e. The number of ketones is 1. The topological polar surface area (TPSA) is 55.1 Å². The molecule has 0 radical (unpaired) electrons. The molecule has 3 N–H and O–H groups in total. The fourth-order valence-electron chi connectivity index (χ4n) is 1.63. The maximum absolute atomic E-state index is 12.1. The monoisotopic (exact) mass is 220 g/mol. The molecule has 0 fully saturated rings. The van der Waals surface area contributed by atoms with E-state index in [0.717, 1.165) is 6.42 Å². The van der Waals surface area contributed by atoms with E-state index < -0.39 is 0 Å². The summed E-state index contributed by atoms with van der Waals surface area (Å²) in [5, 5.41) is 3.26. The van der Waals surface area contributed by atoms with Gasteiger partial charge < -0.3 is 11.1 Å². The van der Waals surface area contributed by atoms with Gasteiger partial charge in [-0.15, -0.1) is 0 Å². The quantitative estimate of drug-likeness (QED) is 0.591. The van der Waals surface area contributed by atoms with E-state index in [2.05, 4.69) is 5.32 Å². The van der Waals surface area contributed by atoms with Gasteiger partial charge >= 0.3 is 0 Å². The van der Waals surface area contributed by atoms with Crippen LogP contribution in [0.3, 0.4) is 0 Å². The van der Waals surface area contributed by atoms with E-state index >= 15 is 0 Å². The summed E-state index contributed by atoms with van der Waals surface area (Å²) in [7, 11) is 0. The number of nitrogens with one attached hydrogen (secondary N) is 1. The summed E-state index contributed by atoms with van der Waals surface area (Å²) in [6, 6.07) is 7.28. The lowest BCUT2D eigenvalue weighted by atomic mass is 10.0. The van der Waals surface area contributed by atoms with Gasteiger partial charge in [-0.05, 0) is 30.7 Å². The van der Waals surface area contributed by atoms with Gasteiger partial charge in [0, 0.05) is 17.3 Å². The van der Waals surface area contributed by atoms with Crippen LogP contribution < -0.4 is 11.1 Å². The van der Waals surface area contributed by atoms with Crippen LogP contribution in [0.25, 0.3) is 0 Å². The van der Waals surface area contributed by atoms with E-state index in [0.29, 0.717) is 17.3 Å². The summed E-state index contributed by atoms with van der Waals surface area (Å²) in [4.78, 5) is 12.1. The van der Waals surface area contributed by atoms with Crippen LogP contribution in [0, 0.1) is 0 Å². The number of anilines is 1. The third kappa shape index (κ3) is 3.35. The molecule has 0 aliphatic heterocycles. The number of carbonyl (C=O) groups is 1. The second kappa shape index (κ2) is 5.66. The number of nitrogen functional groups attached to an aromatic ring is 1. The van der Waals surface area contributed by atoms with Crippen LogP contribution in [0.1, 0.15) is 37.6 Å². The Kier molecular flexibility index (Phi) is 4.50. The first kappa shape index (κ1) is 12.7. The summed E-state index contributed by atoms with van der Waals surface area (Å²) in [6.45, 7) is 6.09. The lowest BCUT2D eigenvalue weighted by molar-refractivity contribution is 0.0935. The van der Waals surface area contributed by atoms with Crippen LogP contribution >= 0.6 is 0 Å². The molecule has 1 unspecified atom stereocenters. The van der Waals surface area contributed by atoms with Gasteiger partial charge in [-0.25, -0.2) is 0 Å². The zero-order valence-electron chi connectivity index (χ0n) is 10.2. The summed E-state index contributed by atoms with van der Waals surface area (Å²) < 4.78 is 0. The summed E-state index contributed by atoms with van der Waals surface area (Å²) in [6.07, 6.45) is 0.793. The SMILES string of the molecule is CCC(NC(C)C)C(=O)c1ccc(N)cc1. The van der Waals surface area contributed by atoms with E-state index in [9.17, 15) is 4.79 Å². The Morgan fingerprint density at radius 3 is 2.31 bits per heavy atom. The van der Waals surface area contributed by atoms with Crippen molar-refractivity contribution in [2.75, 3.05) is 5.73 Å². The number of benzene rings is 1. The van der Waals surface area contributed by atoms with Crippen molar-refractivity contribution >= 4 is 11.5 Å². The van der Waals surface area contributed by atoms with Gasteiger partial charge in [-0.2, -0.15) is 0 Å². The van der Waals surface area contributed by atoms with Gasteiger partial charge in [-0.3, -0.25) is 4.79 Å². The number of hydrogen-bond acceptors (Lipinski definition) is 3. The van der Waals surface area contributed by atoms with Crippen molar-refractivity contribution in [2.24, 2.45) is 0 Å². The van der Waals surface area contributed by atoms with Crippen molar-refractivity contribution in [3.05, 3.63) is 29.8 Å². The smallest absolute Gasteiger partial charge is 0.179 e. The zero-order valence-corrected chi connectivity index (χ0v) is 10.2. The third-order valence-electron chi connectivity index (χ3n) is 2.45. The van der Waals surface area contributed by atoms with Gasteiger partial charge in [0.05, 0.1) is 6.04 Å². The molecule has 0 bridgehead atoms. The molecule has 1 rings (SSSR count). The average molecular weight is 220 g/mol. The van der Waals surface area contributed by atoms with Crippen molar-refractivity contribution in [3.63, 3.8) is 0 Å². The molecule has 3 nitrogen and oxygen atoms in total. The predicted molar refractivity (Wildman–Crippen MR) is 67.5 cm³/mol. The van der Waals surface area contributed by atoms with Gasteiger partial charge in [-0.1, -0.05) is 20.8 Å². The van der Waals surface area contributed by atoms with Crippen LogP contribution in [0.15, 0.2) is 24.3 Å². The molecule has 0 aliphatic rings. The molecule has 0 saturated heterocycles. The Balaban J connectivity index is 2.78. The van der Waals surface area contributed by atoms with E-state index in [-0.39, 0.29) is 11.8 Å². The lowest BCUT2D eigenvalue weighted by Crippen LogP contribution is -2.40. The van der Waals surface area contributed by atoms with E-state index in [1.165, 1.54) is 0 Å². The van der Waals surface area contributed by atoms with Crippen molar-refractivity contribution in [1.29, 1.82) is 0 Å². The minimum absolute atomic E-state index is 0.108. The Labute approximate surface area is 97.0 Å². The molecular weight excluding hydrogens is 200 g/mol. The highest BCUT2D eigenvalue weighted by Crippen LogP contribution is 2.10. The number of rotatable bonds is 5. The molecular formula is C13H20N2O. The van der Waals surface area contributed by atoms with Crippen LogP contribution in [-0.4, -0.2) is 17.9 Å². The van der Waals surface area contributed by atoms with Crippen LogP contribution in [0.5, 0.6) is 0 Å². The van der Waals surface area contributed by atoms with Crippen molar-refractivity contribution in [3.8, 4) is 0 Å². The number of carbonyl (C=O) groups excluding carboxylic acids is 1. The standard InChI is InChI=1S/C13H20N2O/c1-4-12(15-9(2)3)13(16)10-5-7-11(14)8-6-10/h5-9,12,15H,4,14H2,1-3H3. The minimum Gasteiger partial charge on any atom is -0.399 e. The molecule has 0 aromatic heterocycles. The molecule has 0 heterocycles. The molecule has 88 valence electrons. The van der Waals surface area contributed by atoms with Crippen LogP contribution in [0.4, 0.5) is 5.69 Å². The Hall–Kier alpha value is -1.35. The van der Waals surface area contributed by atoms with Gasteiger partial charge in [0.25, 0.3) is 0 Å². The molecule has 1 atom stereocenters. The summed E-state index contributed by atoms with van der Waals surface area (Å²) in [5.74, 6) is 0.135. The fourth-order valence-corrected chi connectivity index (χ4v) is 1.63. The first-order valence-electron chi connectivity index (χ1n) is 5.70. The molecule has 0 saturated carbocycles. The predicted octanol–water partition coefficient (Wildman–Crippen LogP) is 2.23. The highest BCUT2D eigenvalue weighted by molar-refractivity contribution is 6.00. The van der Waals surface area contributed by atoms with Crippen LogP contribution in [0.2, 0.25) is 0 Å². The second-order valence-corrected chi connectivity index (χ2v) is 4.27. The molecule has 1 aromatic rings. The molecule has 3 heteroatoms. The second-order valence-electron chi connectivity index (χ2n) is 4.27. The number of hydrogen-bond donors (Lipinski definition) is 2. The van der Waals surface area contributed by atoms with Crippen molar-refractivity contribution in [2.45, 2.75) is 39.3 Å². The van der Waals surface area contributed by atoms with Crippen LogP contribution in [-0.2, 0) is 0 Å². The maximum Gasteiger partial charge on any atom is 0.179 e. The minimum atomic E-state index is -0.108. The first-order chi connectivity index (χ1) is 7.54.